The van der Waals surface area contributed by atoms with Crippen LogP contribution in [-0.4, -0.2) is 29.7 Å². The molecule has 1 spiro atoms. The summed E-state index contributed by atoms with van der Waals surface area (Å²) in [7, 11) is 0. The highest BCUT2D eigenvalue weighted by Gasteiger charge is 2.44. The highest BCUT2D eigenvalue weighted by Crippen LogP contribution is 2.40. The summed E-state index contributed by atoms with van der Waals surface area (Å²) in [5.74, 6) is -0.402. The molecule has 1 saturated heterocycles. The van der Waals surface area contributed by atoms with Crippen molar-refractivity contribution >= 4 is 0 Å². The van der Waals surface area contributed by atoms with Gasteiger partial charge in [0.1, 0.15) is 0 Å². The van der Waals surface area contributed by atoms with Crippen molar-refractivity contribution < 1.29 is 14.6 Å². The number of hydrogen-bond donors (Lipinski definition) is 1. The number of aliphatic hydroxyl groups is 1. The second kappa shape index (κ2) is 3.52. The van der Waals surface area contributed by atoms with Crippen LogP contribution in [0.15, 0.2) is 18.4 Å². The molecule has 0 radical (unpaired) electrons. The molecule has 3 nitrogen and oxygen atoms in total. The molecule has 0 aromatic rings. The summed E-state index contributed by atoms with van der Waals surface area (Å²) in [6, 6.07) is 0. The normalized spacial score (nSPS) is 28.6. The molecule has 0 aromatic heterocycles. The van der Waals surface area contributed by atoms with Gasteiger partial charge in [0.05, 0.1) is 18.8 Å². The first-order chi connectivity index (χ1) is 6.68. The summed E-state index contributed by atoms with van der Waals surface area (Å²) >= 11 is 0. The Morgan fingerprint density at radius 1 is 1.14 bits per heavy atom. The summed E-state index contributed by atoms with van der Waals surface area (Å²) in [6.07, 6.45) is 4.48. The molecule has 78 valence electrons. The van der Waals surface area contributed by atoms with E-state index < -0.39 is 11.4 Å². The molecule has 1 aliphatic carbocycles. The lowest BCUT2D eigenvalue weighted by atomic mass is 9.81. The van der Waals surface area contributed by atoms with Crippen LogP contribution in [0.3, 0.4) is 0 Å². The second-order valence-corrected chi connectivity index (χ2v) is 4.06. The minimum absolute atomic E-state index is 0.402. The molecular formula is C11H16O3. The van der Waals surface area contributed by atoms with Crippen molar-refractivity contribution in [2.45, 2.75) is 37.1 Å². The first kappa shape index (κ1) is 9.94. The van der Waals surface area contributed by atoms with Crippen molar-refractivity contribution in [2.75, 3.05) is 13.2 Å². The first-order valence-corrected chi connectivity index (χ1v) is 5.05. The third-order valence-corrected chi connectivity index (χ3v) is 3.06. The Kier molecular flexibility index (Phi) is 2.50. The van der Waals surface area contributed by atoms with E-state index in [-0.39, 0.29) is 0 Å². The largest absolute Gasteiger partial charge is 0.385 e. The Morgan fingerprint density at radius 2 is 1.71 bits per heavy atom. The van der Waals surface area contributed by atoms with Crippen LogP contribution >= 0.6 is 0 Å². The highest BCUT2D eigenvalue weighted by molar-refractivity contribution is 5.03. The van der Waals surface area contributed by atoms with Gasteiger partial charge in [-0.25, -0.2) is 0 Å². The lowest BCUT2D eigenvalue weighted by Crippen LogP contribution is -2.42. The van der Waals surface area contributed by atoms with Gasteiger partial charge < -0.3 is 14.6 Å². The molecule has 1 heterocycles. The van der Waals surface area contributed by atoms with E-state index >= 15 is 0 Å². The fourth-order valence-corrected chi connectivity index (χ4v) is 2.18. The molecular weight excluding hydrogens is 180 g/mol. The SMILES string of the molecule is C=C=CC1(O)CCC2(CC1)OCCO2. The number of ether oxygens (including phenoxy) is 2. The topological polar surface area (TPSA) is 38.7 Å². The van der Waals surface area contributed by atoms with Crippen molar-refractivity contribution in [3.8, 4) is 0 Å². The van der Waals surface area contributed by atoms with E-state index in [1.54, 1.807) is 6.08 Å². The van der Waals surface area contributed by atoms with Crippen molar-refractivity contribution in [1.82, 2.24) is 0 Å². The zero-order chi connectivity index (χ0) is 10.1. The molecule has 1 saturated carbocycles. The molecule has 14 heavy (non-hydrogen) atoms. The van der Waals surface area contributed by atoms with Crippen LogP contribution in [0, 0.1) is 0 Å². The molecule has 0 amide bonds. The predicted octanol–water partition coefficient (Wildman–Crippen LogP) is 1.38. The standard InChI is InChI=1S/C11H16O3/c1-2-3-10(12)4-6-11(7-5-10)13-8-9-14-11/h3,12H,1,4-9H2. The Bertz CT molecular complexity index is 250. The van der Waals surface area contributed by atoms with Gasteiger partial charge in [0.2, 0.25) is 0 Å². The fourth-order valence-electron chi connectivity index (χ4n) is 2.18. The van der Waals surface area contributed by atoms with Gasteiger partial charge in [0.25, 0.3) is 0 Å². The monoisotopic (exact) mass is 196 g/mol. The molecule has 2 fully saturated rings. The van der Waals surface area contributed by atoms with Crippen LogP contribution in [0.25, 0.3) is 0 Å². The van der Waals surface area contributed by atoms with Crippen molar-refractivity contribution in [3.05, 3.63) is 18.4 Å². The van der Waals surface area contributed by atoms with Gasteiger partial charge in [0.15, 0.2) is 5.79 Å². The van der Waals surface area contributed by atoms with E-state index in [0.717, 1.165) is 12.8 Å². The van der Waals surface area contributed by atoms with E-state index in [4.69, 9.17) is 9.47 Å². The van der Waals surface area contributed by atoms with Crippen LogP contribution in [0.1, 0.15) is 25.7 Å². The van der Waals surface area contributed by atoms with Crippen molar-refractivity contribution in [3.63, 3.8) is 0 Å². The van der Waals surface area contributed by atoms with Crippen LogP contribution in [0.5, 0.6) is 0 Å². The zero-order valence-corrected chi connectivity index (χ0v) is 8.29. The summed E-state index contributed by atoms with van der Waals surface area (Å²) in [4.78, 5) is 0. The summed E-state index contributed by atoms with van der Waals surface area (Å²) in [6.45, 7) is 4.84. The molecule has 3 heteroatoms. The lowest BCUT2D eigenvalue weighted by molar-refractivity contribution is -0.196. The second-order valence-electron chi connectivity index (χ2n) is 4.06. The maximum Gasteiger partial charge on any atom is 0.168 e. The molecule has 0 aromatic carbocycles. The maximum absolute atomic E-state index is 10.0. The van der Waals surface area contributed by atoms with Crippen molar-refractivity contribution in [2.24, 2.45) is 0 Å². The minimum atomic E-state index is -0.748. The molecule has 1 aliphatic heterocycles. The summed E-state index contributed by atoms with van der Waals surface area (Å²) < 4.78 is 11.1. The molecule has 1 N–H and O–H groups in total. The minimum Gasteiger partial charge on any atom is -0.385 e. The number of rotatable bonds is 1. The maximum atomic E-state index is 10.0. The molecule has 0 unspecified atom stereocenters. The molecule has 2 aliphatic rings. The Morgan fingerprint density at radius 3 is 2.21 bits per heavy atom. The molecule has 0 atom stereocenters. The van der Waals surface area contributed by atoms with Crippen LogP contribution in [0.4, 0.5) is 0 Å². The van der Waals surface area contributed by atoms with Gasteiger partial charge in [-0.1, -0.05) is 6.58 Å². The van der Waals surface area contributed by atoms with E-state index in [2.05, 4.69) is 12.3 Å². The van der Waals surface area contributed by atoms with Crippen LogP contribution < -0.4 is 0 Å². The van der Waals surface area contributed by atoms with Crippen LogP contribution in [-0.2, 0) is 9.47 Å². The van der Waals surface area contributed by atoms with Gasteiger partial charge in [-0.3, -0.25) is 0 Å². The average Bonchev–Trinajstić information content (AvgIpc) is 2.61. The molecule has 0 bridgehead atoms. The van der Waals surface area contributed by atoms with E-state index in [9.17, 15) is 5.11 Å². The van der Waals surface area contributed by atoms with Gasteiger partial charge in [0, 0.05) is 12.8 Å². The lowest BCUT2D eigenvalue weighted by Gasteiger charge is -2.38. The first-order valence-electron chi connectivity index (χ1n) is 5.05. The Labute approximate surface area is 84.0 Å². The van der Waals surface area contributed by atoms with E-state index in [0.29, 0.717) is 26.1 Å². The third kappa shape index (κ3) is 1.77. The van der Waals surface area contributed by atoms with Gasteiger partial charge >= 0.3 is 0 Å². The van der Waals surface area contributed by atoms with Gasteiger partial charge in [-0.05, 0) is 18.9 Å². The quantitative estimate of drug-likeness (QED) is 0.644. The predicted molar refractivity (Wildman–Crippen MR) is 51.8 cm³/mol. The van der Waals surface area contributed by atoms with E-state index in [1.165, 1.54) is 0 Å². The van der Waals surface area contributed by atoms with Gasteiger partial charge in [-0.2, -0.15) is 0 Å². The van der Waals surface area contributed by atoms with Crippen molar-refractivity contribution in [1.29, 1.82) is 0 Å². The van der Waals surface area contributed by atoms with Crippen LogP contribution in [0.2, 0.25) is 0 Å². The summed E-state index contributed by atoms with van der Waals surface area (Å²) in [5.41, 5.74) is 1.90. The number of hydrogen-bond acceptors (Lipinski definition) is 3. The fraction of sp³-hybridized carbons (Fsp3) is 0.727. The molecule has 2 rings (SSSR count). The Balaban J connectivity index is 2.00. The average molecular weight is 196 g/mol. The zero-order valence-electron chi connectivity index (χ0n) is 8.29. The van der Waals surface area contributed by atoms with E-state index in [1.807, 2.05) is 0 Å². The highest BCUT2D eigenvalue weighted by atomic mass is 16.7. The van der Waals surface area contributed by atoms with Gasteiger partial charge in [-0.15, -0.1) is 5.73 Å². The third-order valence-electron chi connectivity index (χ3n) is 3.06. The Hall–Kier alpha value is -0.600. The smallest absolute Gasteiger partial charge is 0.168 e. The summed E-state index contributed by atoms with van der Waals surface area (Å²) in [5, 5.41) is 10.0.